The van der Waals surface area contributed by atoms with Crippen molar-refractivity contribution >= 4 is 0 Å². The third-order valence-corrected chi connectivity index (χ3v) is 6.31. The van der Waals surface area contributed by atoms with Crippen molar-refractivity contribution in [1.82, 2.24) is 5.32 Å². The molecule has 0 spiro atoms. The monoisotopic (exact) mass is 364 g/mol. The van der Waals surface area contributed by atoms with Gasteiger partial charge in [-0.1, -0.05) is 61.7 Å². The van der Waals surface area contributed by atoms with Gasteiger partial charge in [0.25, 0.3) is 0 Å². The summed E-state index contributed by atoms with van der Waals surface area (Å²) in [6, 6.07) is 17.6. The van der Waals surface area contributed by atoms with E-state index >= 15 is 0 Å². The van der Waals surface area contributed by atoms with Crippen molar-refractivity contribution in [2.24, 2.45) is 11.7 Å². The molecule has 2 aliphatic rings. The predicted octanol–water partition coefficient (Wildman–Crippen LogP) is 4.40. The Hall–Kier alpha value is -1.84. The molecular weight excluding hydrogens is 332 g/mol. The first-order chi connectivity index (χ1) is 13.3. The Balaban J connectivity index is 1.55. The molecule has 3 nitrogen and oxygen atoms in total. The minimum atomic E-state index is 0.354. The Morgan fingerprint density at radius 3 is 2.56 bits per heavy atom. The molecule has 27 heavy (non-hydrogen) atoms. The maximum Gasteiger partial charge on any atom is 0.122 e. The van der Waals surface area contributed by atoms with Crippen molar-refractivity contribution < 1.29 is 4.74 Å². The largest absolute Gasteiger partial charge is 0.492 e. The molecule has 1 saturated carbocycles. The van der Waals surface area contributed by atoms with E-state index in [9.17, 15) is 0 Å². The second-order valence-corrected chi connectivity index (χ2v) is 8.20. The van der Waals surface area contributed by atoms with Gasteiger partial charge in [-0.3, -0.25) is 0 Å². The van der Waals surface area contributed by atoms with E-state index in [1.807, 2.05) is 0 Å². The van der Waals surface area contributed by atoms with Crippen molar-refractivity contribution in [1.29, 1.82) is 0 Å². The van der Waals surface area contributed by atoms with E-state index in [0.29, 0.717) is 18.5 Å². The summed E-state index contributed by atoms with van der Waals surface area (Å²) in [4.78, 5) is 0. The van der Waals surface area contributed by atoms with E-state index in [4.69, 9.17) is 10.5 Å². The molecule has 3 N–H and O–H groups in total. The van der Waals surface area contributed by atoms with Crippen molar-refractivity contribution in [2.75, 3.05) is 13.2 Å². The highest BCUT2D eigenvalue weighted by Crippen LogP contribution is 2.37. The molecule has 3 heteroatoms. The fourth-order valence-electron chi connectivity index (χ4n) is 4.69. The first kappa shape index (κ1) is 18.5. The van der Waals surface area contributed by atoms with Crippen LogP contribution in [0.4, 0.5) is 0 Å². The number of fused-ring (bicyclic) bond motifs is 1. The van der Waals surface area contributed by atoms with Gasteiger partial charge in [-0.15, -0.1) is 0 Å². The number of rotatable bonds is 6. The zero-order chi connectivity index (χ0) is 18.5. The standard InChI is InChI=1S/C24H32N2O/c25-15-20-11-12-24-22(14-20)21(13-18-7-3-1-4-8-18)23(17-27-24)26-16-19-9-5-2-6-10-19/h1,3-4,7-8,11-12,14,19,21,23,26H,2,5-6,9-10,13,15-17,25H2/t21-,23+/m0/s1. The zero-order valence-electron chi connectivity index (χ0n) is 16.2. The molecule has 4 rings (SSSR count). The summed E-state index contributed by atoms with van der Waals surface area (Å²) in [6.45, 7) is 2.44. The lowest BCUT2D eigenvalue weighted by Crippen LogP contribution is -2.45. The van der Waals surface area contributed by atoms with Crippen molar-refractivity contribution in [3.63, 3.8) is 0 Å². The average Bonchev–Trinajstić information content (AvgIpc) is 2.74. The van der Waals surface area contributed by atoms with E-state index in [1.54, 1.807) is 0 Å². The maximum absolute atomic E-state index is 6.14. The molecular formula is C24H32N2O. The molecule has 0 aromatic heterocycles. The second-order valence-electron chi connectivity index (χ2n) is 8.20. The van der Waals surface area contributed by atoms with Crippen LogP contribution in [0.25, 0.3) is 0 Å². The molecule has 144 valence electrons. The van der Waals surface area contributed by atoms with Crippen molar-refractivity contribution in [2.45, 2.75) is 57.0 Å². The Morgan fingerprint density at radius 2 is 1.78 bits per heavy atom. The van der Waals surface area contributed by atoms with Gasteiger partial charge in [0.2, 0.25) is 0 Å². The van der Waals surface area contributed by atoms with Crippen LogP contribution < -0.4 is 15.8 Å². The first-order valence-electron chi connectivity index (χ1n) is 10.6. The fourth-order valence-corrected chi connectivity index (χ4v) is 4.69. The second kappa shape index (κ2) is 8.90. The summed E-state index contributed by atoms with van der Waals surface area (Å²) in [5, 5.41) is 3.88. The van der Waals surface area contributed by atoms with Crippen LogP contribution >= 0.6 is 0 Å². The van der Waals surface area contributed by atoms with Gasteiger partial charge in [-0.25, -0.2) is 0 Å². The summed E-state index contributed by atoms with van der Waals surface area (Å²) in [5.41, 5.74) is 9.80. The van der Waals surface area contributed by atoms with Crippen LogP contribution in [0.1, 0.15) is 54.7 Å². The Labute approximate surface area is 163 Å². The third kappa shape index (κ3) is 4.53. The lowest BCUT2D eigenvalue weighted by molar-refractivity contribution is 0.201. The molecule has 0 amide bonds. The van der Waals surface area contributed by atoms with Gasteiger partial charge >= 0.3 is 0 Å². The lowest BCUT2D eigenvalue weighted by Gasteiger charge is -2.36. The number of hydrogen-bond donors (Lipinski definition) is 2. The summed E-state index contributed by atoms with van der Waals surface area (Å²) < 4.78 is 6.14. The number of nitrogens with two attached hydrogens (primary N) is 1. The van der Waals surface area contributed by atoms with Gasteiger partial charge in [-0.2, -0.15) is 0 Å². The topological polar surface area (TPSA) is 47.3 Å². The average molecular weight is 365 g/mol. The van der Waals surface area contributed by atoms with Gasteiger partial charge in [0.05, 0.1) is 0 Å². The lowest BCUT2D eigenvalue weighted by atomic mass is 9.82. The van der Waals surface area contributed by atoms with Crippen molar-refractivity contribution in [3.8, 4) is 5.75 Å². The SMILES string of the molecule is NCc1ccc2c(c1)[C@H](Cc1ccccc1)[C@H](NCC1CCCCC1)CO2. The Kier molecular flexibility index (Phi) is 6.10. The predicted molar refractivity (Wildman–Crippen MR) is 111 cm³/mol. The van der Waals surface area contributed by atoms with Crippen LogP contribution in [0.2, 0.25) is 0 Å². The third-order valence-electron chi connectivity index (χ3n) is 6.31. The molecule has 1 fully saturated rings. The summed E-state index contributed by atoms with van der Waals surface area (Å²) in [6.07, 6.45) is 7.98. The molecule has 2 aromatic carbocycles. The van der Waals surface area contributed by atoms with E-state index in [2.05, 4.69) is 53.8 Å². The van der Waals surface area contributed by atoms with Gasteiger partial charge in [0.1, 0.15) is 12.4 Å². The zero-order valence-corrected chi connectivity index (χ0v) is 16.2. The van der Waals surface area contributed by atoms with Gasteiger partial charge in [0, 0.05) is 18.5 Å². The normalized spacial score (nSPS) is 22.9. The Bertz CT molecular complexity index is 724. The first-order valence-corrected chi connectivity index (χ1v) is 10.6. The van der Waals surface area contributed by atoms with Crippen LogP contribution in [0, 0.1) is 5.92 Å². The highest BCUT2D eigenvalue weighted by Gasteiger charge is 2.31. The summed E-state index contributed by atoms with van der Waals surface area (Å²) in [5.74, 6) is 2.28. The smallest absolute Gasteiger partial charge is 0.122 e. The number of hydrogen-bond acceptors (Lipinski definition) is 3. The molecule has 1 heterocycles. The van der Waals surface area contributed by atoms with Gasteiger partial charge in [0.15, 0.2) is 0 Å². The minimum Gasteiger partial charge on any atom is -0.492 e. The molecule has 2 aromatic rings. The van der Waals surface area contributed by atoms with E-state index in [1.165, 1.54) is 48.8 Å². The molecule has 2 atom stereocenters. The van der Waals surface area contributed by atoms with Crippen molar-refractivity contribution in [3.05, 3.63) is 65.2 Å². The molecule has 0 radical (unpaired) electrons. The van der Waals surface area contributed by atoms with Crippen LogP contribution in [0.5, 0.6) is 5.75 Å². The van der Waals surface area contributed by atoms with Crippen LogP contribution in [-0.2, 0) is 13.0 Å². The summed E-state index contributed by atoms with van der Waals surface area (Å²) in [7, 11) is 0. The Morgan fingerprint density at radius 1 is 0.963 bits per heavy atom. The number of benzene rings is 2. The number of nitrogens with one attached hydrogen (secondary N) is 1. The van der Waals surface area contributed by atoms with E-state index in [0.717, 1.165) is 31.2 Å². The van der Waals surface area contributed by atoms with Crippen LogP contribution in [0.3, 0.4) is 0 Å². The number of ether oxygens (including phenoxy) is 1. The van der Waals surface area contributed by atoms with Crippen LogP contribution in [-0.4, -0.2) is 19.2 Å². The fraction of sp³-hybridized carbons (Fsp3) is 0.500. The molecule has 0 saturated heterocycles. The molecule has 1 aliphatic carbocycles. The van der Waals surface area contributed by atoms with E-state index in [-0.39, 0.29) is 0 Å². The quantitative estimate of drug-likeness (QED) is 0.798. The highest BCUT2D eigenvalue weighted by atomic mass is 16.5. The van der Waals surface area contributed by atoms with E-state index < -0.39 is 0 Å². The molecule has 0 bridgehead atoms. The molecule has 1 aliphatic heterocycles. The summed E-state index contributed by atoms with van der Waals surface area (Å²) >= 11 is 0. The van der Waals surface area contributed by atoms with Gasteiger partial charge < -0.3 is 15.8 Å². The maximum atomic E-state index is 6.14. The van der Waals surface area contributed by atoms with Gasteiger partial charge in [-0.05, 0) is 54.5 Å². The highest BCUT2D eigenvalue weighted by molar-refractivity contribution is 5.43. The van der Waals surface area contributed by atoms with Crippen LogP contribution in [0.15, 0.2) is 48.5 Å². The molecule has 0 unspecified atom stereocenters. The minimum absolute atomic E-state index is 0.354.